The molecule has 1 aromatic carbocycles. The van der Waals surface area contributed by atoms with Gasteiger partial charge in [-0.3, -0.25) is 10.1 Å². The van der Waals surface area contributed by atoms with Crippen molar-refractivity contribution in [1.82, 2.24) is 0 Å². The highest BCUT2D eigenvalue weighted by Crippen LogP contribution is 2.25. The summed E-state index contributed by atoms with van der Waals surface area (Å²) in [4.78, 5) is 10.4. The summed E-state index contributed by atoms with van der Waals surface area (Å²) >= 11 is 1.80. The lowest BCUT2D eigenvalue weighted by Gasteiger charge is -2.11. The van der Waals surface area contributed by atoms with Gasteiger partial charge in [-0.2, -0.15) is 11.8 Å². The van der Waals surface area contributed by atoms with E-state index in [0.717, 1.165) is 13.0 Å². The minimum absolute atomic E-state index is 0.0368. The first-order valence-corrected chi connectivity index (χ1v) is 6.95. The fraction of sp³-hybridized carbons (Fsp3) is 0.500. The number of hydrogen-bond acceptors (Lipinski definition) is 5. The maximum Gasteiger partial charge on any atom is 0.275 e. The lowest BCUT2D eigenvalue weighted by atomic mass is 10.2. The molecule has 0 fully saturated rings. The number of nitro groups is 1. The summed E-state index contributed by atoms with van der Waals surface area (Å²) in [6, 6.07) is 4.69. The predicted octanol–water partition coefficient (Wildman–Crippen LogP) is 3.16. The maximum absolute atomic E-state index is 10.8. The van der Waals surface area contributed by atoms with E-state index < -0.39 is 4.92 Å². The van der Waals surface area contributed by atoms with Gasteiger partial charge in [-0.1, -0.05) is 6.92 Å². The van der Waals surface area contributed by atoms with E-state index in [0.29, 0.717) is 16.7 Å². The van der Waals surface area contributed by atoms with Gasteiger partial charge in [0.1, 0.15) is 5.75 Å². The number of nitrogens with zero attached hydrogens (tertiary/aromatic N) is 1. The zero-order chi connectivity index (χ0) is 13.5. The van der Waals surface area contributed by atoms with Crippen LogP contribution < -0.4 is 10.1 Å². The number of nitrogens with one attached hydrogen (secondary N) is 1. The first-order chi connectivity index (χ1) is 8.56. The maximum atomic E-state index is 10.8. The summed E-state index contributed by atoms with van der Waals surface area (Å²) < 4.78 is 5.05. The van der Waals surface area contributed by atoms with Crippen molar-refractivity contribution in [2.24, 2.45) is 0 Å². The molecule has 0 spiro atoms. The van der Waals surface area contributed by atoms with Crippen molar-refractivity contribution < 1.29 is 9.66 Å². The van der Waals surface area contributed by atoms with Crippen molar-refractivity contribution in [3.8, 4) is 5.75 Å². The molecule has 1 unspecified atom stereocenters. The molecule has 0 saturated carbocycles. The molecule has 0 radical (unpaired) electrons. The van der Waals surface area contributed by atoms with Gasteiger partial charge in [-0.15, -0.1) is 0 Å². The summed E-state index contributed by atoms with van der Waals surface area (Å²) in [5.41, 5.74) is 0.754. The topological polar surface area (TPSA) is 64.4 Å². The average molecular weight is 270 g/mol. The number of ether oxygens (including phenoxy) is 1. The number of anilines is 1. The molecule has 5 nitrogen and oxygen atoms in total. The molecule has 1 aromatic rings. The van der Waals surface area contributed by atoms with Gasteiger partial charge in [-0.05, 0) is 12.7 Å². The van der Waals surface area contributed by atoms with Crippen LogP contribution >= 0.6 is 11.8 Å². The van der Waals surface area contributed by atoms with Crippen LogP contribution in [0.4, 0.5) is 11.4 Å². The number of thioether (sulfide) groups is 1. The minimum atomic E-state index is -0.418. The van der Waals surface area contributed by atoms with Gasteiger partial charge in [0.2, 0.25) is 0 Å². The van der Waals surface area contributed by atoms with E-state index in [1.807, 2.05) is 0 Å². The van der Waals surface area contributed by atoms with Gasteiger partial charge in [-0.25, -0.2) is 0 Å². The fourth-order valence-electron chi connectivity index (χ4n) is 1.45. The van der Waals surface area contributed by atoms with Gasteiger partial charge in [0, 0.05) is 29.6 Å². The first kappa shape index (κ1) is 14.6. The van der Waals surface area contributed by atoms with Crippen molar-refractivity contribution in [3.05, 3.63) is 28.3 Å². The quantitative estimate of drug-likeness (QED) is 0.609. The van der Waals surface area contributed by atoms with Crippen LogP contribution in [0.2, 0.25) is 0 Å². The summed E-state index contributed by atoms with van der Waals surface area (Å²) in [6.07, 6.45) is 3.08. The van der Waals surface area contributed by atoms with Crippen molar-refractivity contribution in [3.63, 3.8) is 0 Å². The van der Waals surface area contributed by atoms with Gasteiger partial charge >= 0.3 is 0 Å². The summed E-state index contributed by atoms with van der Waals surface area (Å²) in [5, 5.41) is 14.5. The molecule has 0 aliphatic rings. The van der Waals surface area contributed by atoms with Crippen molar-refractivity contribution in [2.75, 3.05) is 25.2 Å². The Hall–Kier alpha value is -1.43. The highest BCUT2D eigenvalue weighted by molar-refractivity contribution is 7.99. The van der Waals surface area contributed by atoms with E-state index in [4.69, 9.17) is 4.74 Å². The Kier molecular flexibility index (Phi) is 5.77. The van der Waals surface area contributed by atoms with Crippen LogP contribution in [-0.4, -0.2) is 30.1 Å². The van der Waals surface area contributed by atoms with E-state index in [1.165, 1.54) is 19.2 Å². The van der Waals surface area contributed by atoms with Crippen LogP contribution in [-0.2, 0) is 0 Å². The Morgan fingerprint density at radius 2 is 2.22 bits per heavy atom. The van der Waals surface area contributed by atoms with Gasteiger partial charge < -0.3 is 10.1 Å². The third-order valence-electron chi connectivity index (χ3n) is 2.62. The number of methoxy groups -OCH3 is 1. The third kappa shape index (κ3) is 4.44. The SMILES string of the molecule is COc1cc(NCCC(C)SC)cc([N+](=O)[O-])c1. The molecular weight excluding hydrogens is 252 g/mol. The van der Waals surface area contributed by atoms with Gasteiger partial charge in [0.05, 0.1) is 18.1 Å². The number of rotatable bonds is 7. The van der Waals surface area contributed by atoms with Gasteiger partial charge in [0.25, 0.3) is 5.69 Å². The molecule has 18 heavy (non-hydrogen) atoms. The Balaban J connectivity index is 2.69. The van der Waals surface area contributed by atoms with Crippen molar-refractivity contribution in [2.45, 2.75) is 18.6 Å². The van der Waals surface area contributed by atoms with E-state index in [2.05, 4.69) is 18.5 Å². The second kappa shape index (κ2) is 7.10. The molecule has 1 rings (SSSR count). The van der Waals surface area contributed by atoms with E-state index in [-0.39, 0.29) is 5.69 Å². The monoisotopic (exact) mass is 270 g/mol. The summed E-state index contributed by atoms with van der Waals surface area (Å²) in [6.45, 7) is 2.94. The standard InChI is InChI=1S/C12H18N2O3S/c1-9(18-3)4-5-13-10-6-11(14(15)16)8-12(7-10)17-2/h6-9,13H,4-5H2,1-3H3. The molecule has 0 aliphatic carbocycles. The lowest BCUT2D eigenvalue weighted by Crippen LogP contribution is -2.08. The molecule has 0 saturated heterocycles. The number of benzene rings is 1. The normalized spacial score (nSPS) is 11.9. The van der Waals surface area contributed by atoms with Crippen LogP contribution in [0.15, 0.2) is 18.2 Å². The van der Waals surface area contributed by atoms with Crippen LogP contribution in [0.5, 0.6) is 5.75 Å². The van der Waals surface area contributed by atoms with Crippen LogP contribution in [0.25, 0.3) is 0 Å². The highest BCUT2D eigenvalue weighted by Gasteiger charge is 2.10. The molecule has 6 heteroatoms. The largest absolute Gasteiger partial charge is 0.496 e. The van der Waals surface area contributed by atoms with E-state index >= 15 is 0 Å². The molecule has 1 atom stereocenters. The molecule has 0 aromatic heterocycles. The Bertz CT molecular complexity index is 412. The van der Waals surface area contributed by atoms with E-state index in [1.54, 1.807) is 17.8 Å². The molecule has 0 aliphatic heterocycles. The van der Waals surface area contributed by atoms with Crippen molar-refractivity contribution in [1.29, 1.82) is 0 Å². The van der Waals surface area contributed by atoms with Crippen molar-refractivity contribution >= 4 is 23.1 Å². The minimum Gasteiger partial charge on any atom is -0.496 e. The Morgan fingerprint density at radius 3 is 2.78 bits per heavy atom. The Morgan fingerprint density at radius 1 is 1.50 bits per heavy atom. The smallest absolute Gasteiger partial charge is 0.275 e. The summed E-state index contributed by atoms with van der Waals surface area (Å²) in [5.74, 6) is 0.490. The highest BCUT2D eigenvalue weighted by atomic mass is 32.2. The van der Waals surface area contributed by atoms with Gasteiger partial charge in [0.15, 0.2) is 0 Å². The number of nitro benzene ring substituents is 1. The zero-order valence-corrected chi connectivity index (χ0v) is 11.6. The second-order valence-electron chi connectivity index (χ2n) is 3.94. The Labute approximate surface area is 111 Å². The zero-order valence-electron chi connectivity index (χ0n) is 10.8. The van der Waals surface area contributed by atoms with E-state index in [9.17, 15) is 10.1 Å². The predicted molar refractivity (Wildman–Crippen MR) is 75.7 cm³/mol. The molecule has 100 valence electrons. The number of hydrogen-bond donors (Lipinski definition) is 1. The van der Waals surface area contributed by atoms with Crippen LogP contribution in [0.1, 0.15) is 13.3 Å². The first-order valence-electron chi connectivity index (χ1n) is 5.67. The number of non-ortho nitro benzene ring substituents is 1. The average Bonchev–Trinajstić information content (AvgIpc) is 2.37. The molecule has 0 heterocycles. The second-order valence-corrected chi connectivity index (χ2v) is 5.21. The molecular formula is C12H18N2O3S. The third-order valence-corrected chi connectivity index (χ3v) is 3.66. The molecule has 0 amide bonds. The fourth-order valence-corrected chi connectivity index (χ4v) is 1.80. The summed E-state index contributed by atoms with van der Waals surface area (Å²) in [7, 11) is 1.50. The lowest BCUT2D eigenvalue weighted by molar-refractivity contribution is -0.384. The molecule has 1 N–H and O–H groups in total. The van der Waals surface area contributed by atoms with Crippen LogP contribution in [0, 0.1) is 10.1 Å². The molecule has 0 bridgehead atoms. The van der Waals surface area contributed by atoms with Crippen LogP contribution in [0.3, 0.4) is 0 Å².